The van der Waals surface area contributed by atoms with Crippen LogP contribution in [-0.4, -0.2) is 43.7 Å². The Morgan fingerprint density at radius 1 is 0.938 bits per heavy atom. The van der Waals surface area contributed by atoms with Crippen LogP contribution in [0, 0.1) is 6.92 Å². The van der Waals surface area contributed by atoms with Gasteiger partial charge in [-0.25, -0.2) is 0 Å². The Bertz CT molecular complexity index is 981. The van der Waals surface area contributed by atoms with E-state index in [2.05, 4.69) is 36.5 Å². The molecule has 0 spiro atoms. The molecule has 0 heterocycles. The number of ether oxygens (including phenoxy) is 3. The predicted molar refractivity (Wildman–Crippen MR) is 125 cm³/mol. The van der Waals surface area contributed by atoms with Crippen molar-refractivity contribution in [1.29, 1.82) is 0 Å². The average Bonchev–Trinajstić information content (AvgIpc) is 2.83. The maximum Gasteiger partial charge on any atom is 0.130 e. The molecule has 170 valence electrons. The minimum Gasteiger partial charge on any atom is -0.496 e. The second-order valence-electron chi connectivity index (χ2n) is 7.52. The van der Waals surface area contributed by atoms with E-state index in [9.17, 15) is 5.11 Å². The Morgan fingerprint density at radius 2 is 1.62 bits per heavy atom. The maximum atomic E-state index is 9.53. The van der Waals surface area contributed by atoms with E-state index in [1.54, 1.807) is 14.2 Å². The van der Waals surface area contributed by atoms with Crippen molar-refractivity contribution < 1.29 is 24.4 Å². The highest BCUT2D eigenvalue weighted by Gasteiger charge is 2.15. The van der Waals surface area contributed by atoms with Gasteiger partial charge in [0.25, 0.3) is 0 Å². The minimum absolute atomic E-state index is 0.262. The molecule has 0 amide bonds. The van der Waals surface area contributed by atoms with Crippen molar-refractivity contribution in [3.63, 3.8) is 0 Å². The molecule has 3 aromatic carbocycles. The van der Waals surface area contributed by atoms with Crippen LogP contribution >= 0.6 is 0 Å². The van der Waals surface area contributed by atoms with Gasteiger partial charge in [-0.3, -0.25) is 0 Å². The van der Waals surface area contributed by atoms with E-state index >= 15 is 0 Å². The monoisotopic (exact) mass is 437 g/mol. The molecule has 0 aliphatic heterocycles. The molecule has 0 aromatic heterocycles. The number of methoxy groups -OCH3 is 2. The van der Waals surface area contributed by atoms with Gasteiger partial charge in [-0.2, -0.15) is 0 Å². The summed E-state index contributed by atoms with van der Waals surface area (Å²) in [7, 11) is 3.19. The molecular weight excluding hydrogens is 406 g/mol. The van der Waals surface area contributed by atoms with Crippen molar-refractivity contribution >= 4 is 0 Å². The third-order valence-corrected chi connectivity index (χ3v) is 5.40. The van der Waals surface area contributed by atoms with Crippen molar-refractivity contribution in [1.82, 2.24) is 5.32 Å². The predicted octanol–water partition coefficient (Wildman–Crippen LogP) is 3.70. The fraction of sp³-hybridized carbons (Fsp3) is 0.308. The van der Waals surface area contributed by atoms with Crippen molar-refractivity contribution in [2.75, 3.05) is 27.4 Å². The highest BCUT2D eigenvalue weighted by atomic mass is 16.5. The quantitative estimate of drug-likeness (QED) is 0.425. The molecule has 0 unspecified atom stereocenters. The molecule has 6 nitrogen and oxygen atoms in total. The van der Waals surface area contributed by atoms with Gasteiger partial charge in [-0.05, 0) is 29.2 Å². The summed E-state index contributed by atoms with van der Waals surface area (Å²) in [6, 6.07) is 20.2. The molecule has 0 fully saturated rings. The Morgan fingerprint density at radius 3 is 2.25 bits per heavy atom. The number of hydrogen-bond donors (Lipinski definition) is 3. The summed E-state index contributed by atoms with van der Waals surface area (Å²) < 4.78 is 17.2. The van der Waals surface area contributed by atoms with Crippen LogP contribution in [0.2, 0.25) is 0 Å². The summed E-state index contributed by atoms with van der Waals surface area (Å²) in [5, 5.41) is 21.6. The smallest absolute Gasteiger partial charge is 0.130 e. The van der Waals surface area contributed by atoms with E-state index in [-0.39, 0.29) is 13.2 Å². The van der Waals surface area contributed by atoms with Gasteiger partial charge in [0.05, 0.1) is 32.5 Å². The molecule has 3 aromatic rings. The lowest BCUT2D eigenvalue weighted by atomic mass is 9.97. The molecule has 32 heavy (non-hydrogen) atoms. The van der Waals surface area contributed by atoms with Crippen LogP contribution in [0.25, 0.3) is 11.1 Å². The molecule has 1 atom stereocenters. The molecule has 0 saturated heterocycles. The van der Waals surface area contributed by atoms with Crippen LogP contribution in [0.1, 0.15) is 16.7 Å². The number of benzene rings is 3. The van der Waals surface area contributed by atoms with Gasteiger partial charge in [0.1, 0.15) is 23.9 Å². The van der Waals surface area contributed by atoms with E-state index in [0.717, 1.165) is 11.1 Å². The van der Waals surface area contributed by atoms with Crippen LogP contribution in [0.5, 0.6) is 17.2 Å². The lowest BCUT2D eigenvalue weighted by Crippen LogP contribution is -2.29. The summed E-state index contributed by atoms with van der Waals surface area (Å²) in [4.78, 5) is 0. The van der Waals surface area contributed by atoms with Crippen molar-refractivity contribution in [3.05, 3.63) is 77.4 Å². The number of aliphatic hydroxyl groups is 2. The number of nitrogens with one attached hydrogen (secondary N) is 1. The summed E-state index contributed by atoms with van der Waals surface area (Å²) in [6.45, 7) is 2.91. The van der Waals surface area contributed by atoms with Crippen LogP contribution in [-0.2, 0) is 13.2 Å². The molecule has 3 N–H and O–H groups in total. The van der Waals surface area contributed by atoms with Crippen LogP contribution < -0.4 is 19.5 Å². The zero-order valence-electron chi connectivity index (χ0n) is 18.8. The van der Waals surface area contributed by atoms with Gasteiger partial charge in [0, 0.05) is 25.2 Å². The van der Waals surface area contributed by atoms with Crippen molar-refractivity contribution in [2.45, 2.75) is 26.2 Å². The number of aliphatic hydroxyl groups excluding tert-OH is 2. The summed E-state index contributed by atoms with van der Waals surface area (Å²) in [6.07, 6.45) is -0.815. The van der Waals surface area contributed by atoms with E-state index in [1.165, 1.54) is 16.7 Å². The first-order valence-electron chi connectivity index (χ1n) is 10.6. The fourth-order valence-corrected chi connectivity index (χ4v) is 3.58. The van der Waals surface area contributed by atoms with Crippen LogP contribution in [0.3, 0.4) is 0 Å². The van der Waals surface area contributed by atoms with Crippen molar-refractivity contribution in [2.24, 2.45) is 0 Å². The lowest BCUT2D eigenvalue weighted by molar-refractivity contribution is 0.0941. The molecule has 0 aliphatic rings. The maximum absolute atomic E-state index is 9.53. The average molecular weight is 438 g/mol. The Hall–Kier alpha value is -3.06. The first-order valence-corrected chi connectivity index (χ1v) is 10.6. The zero-order valence-corrected chi connectivity index (χ0v) is 18.8. The van der Waals surface area contributed by atoms with Gasteiger partial charge in [-0.15, -0.1) is 0 Å². The van der Waals surface area contributed by atoms with E-state index in [1.807, 2.05) is 36.4 Å². The molecule has 0 bridgehead atoms. The largest absolute Gasteiger partial charge is 0.496 e. The van der Waals surface area contributed by atoms with E-state index in [4.69, 9.17) is 19.3 Å². The summed E-state index contributed by atoms with van der Waals surface area (Å²) in [5.74, 6) is 1.89. The topological polar surface area (TPSA) is 80.2 Å². The first kappa shape index (κ1) is 23.6. The summed E-state index contributed by atoms with van der Waals surface area (Å²) in [5.41, 5.74) is 5.47. The molecule has 0 aliphatic carbocycles. The second-order valence-corrected chi connectivity index (χ2v) is 7.52. The fourth-order valence-electron chi connectivity index (χ4n) is 3.58. The Kier molecular flexibility index (Phi) is 8.50. The molecular formula is C26H31NO5. The highest BCUT2D eigenvalue weighted by molar-refractivity contribution is 5.68. The molecule has 3 rings (SSSR count). The Balaban J connectivity index is 1.77. The van der Waals surface area contributed by atoms with Crippen LogP contribution in [0.4, 0.5) is 0 Å². The molecule has 6 heteroatoms. The van der Waals surface area contributed by atoms with Gasteiger partial charge < -0.3 is 29.7 Å². The normalized spacial score (nSPS) is 11.8. The van der Waals surface area contributed by atoms with Gasteiger partial charge in [0.15, 0.2) is 0 Å². The van der Waals surface area contributed by atoms with E-state index in [0.29, 0.717) is 30.4 Å². The minimum atomic E-state index is -0.815. The molecule has 0 radical (unpaired) electrons. The highest BCUT2D eigenvalue weighted by Crippen LogP contribution is 2.35. The van der Waals surface area contributed by atoms with Gasteiger partial charge in [0.2, 0.25) is 0 Å². The van der Waals surface area contributed by atoms with Gasteiger partial charge >= 0.3 is 0 Å². The first-order chi connectivity index (χ1) is 15.6. The summed E-state index contributed by atoms with van der Waals surface area (Å²) >= 11 is 0. The van der Waals surface area contributed by atoms with E-state index < -0.39 is 6.10 Å². The number of hydrogen-bond acceptors (Lipinski definition) is 6. The standard InChI is InChI=1S/C26H31NO5/c1-18-20(10-7-11-23(18)19-8-5-4-6-9-19)17-32-22-12-25(30-2)24(26(13-22)31-3)15-27-14-21(29)16-28/h4-13,21,27-29H,14-17H2,1-3H3/t21-/m0/s1. The second kappa shape index (κ2) is 11.5. The van der Waals surface area contributed by atoms with Gasteiger partial charge in [-0.1, -0.05) is 48.5 Å². The Labute approximate surface area is 189 Å². The molecule has 0 saturated carbocycles. The lowest BCUT2D eigenvalue weighted by Gasteiger charge is -2.18. The third-order valence-electron chi connectivity index (χ3n) is 5.40. The number of rotatable bonds is 11. The SMILES string of the molecule is COc1cc(OCc2cccc(-c3ccccc3)c2C)cc(OC)c1CNC[C@H](O)CO. The zero-order chi connectivity index (χ0) is 22.9. The van der Waals surface area contributed by atoms with Crippen LogP contribution in [0.15, 0.2) is 60.7 Å². The van der Waals surface area contributed by atoms with Crippen molar-refractivity contribution in [3.8, 4) is 28.4 Å². The third kappa shape index (κ3) is 5.79.